The monoisotopic (exact) mass is 596 g/mol. The van der Waals surface area contributed by atoms with Crippen molar-refractivity contribution in [1.82, 2.24) is 0 Å². The van der Waals surface area contributed by atoms with Crippen LogP contribution in [0, 0.1) is 46.3 Å². The maximum atomic E-state index is 14.1. The summed E-state index contributed by atoms with van der Waals surface area (Å²) in [5.74, 6) is 0.235. The molecule has 0 aromatic carbocycles. The van der Waals surface area contributed by atoms with Crippen molar-refractivity contribution >= 4 is 39.6 Å². The van der Waals surface area contributed by atoms with Crippen molar-refractivity contribution in [3.63, 3.8) is 0 Å². The van der Waals surface area contributed by atoms with Gasteiger partial charge in [-0.3, -0.25) is 19.2 Å². The molecule has 7 nitrogen and oxygen atoms in total. The van der Waals surface area contributed by atoms with Gasteiger partial charge in [-0.15, -0.1) is 0 Å². The van der Waals surface area contributed by atoms with Gasteiger partial charge in [-0.05, 0) is 86.9 Å². The van der Waals surface area contributed by atoms with Crippen LogP contribution in [0.3, 0.4) is 0 Å². The van der Waals surface area contributed by atoms with Crippen molar-refractivity contribution in [2.45, 2.75) is 110 Å². The van der Waals surface area contributed by atoms with Crippen molar-refractivity contribution in [3.8, 4) is 0 Å². The van der Waals surface area contributed by atoms with E-state index < -0.39 is 0 Å². The molecule has 0 N–H and O–H groups in total. The smallest absolute Gasteiger partial charge is 0.305 e. The standard InChI is InChI=1S/C30H45BrO7/c1-7-36-25(34)11-8-16(2)20-9-10-21-26-22(15-24(30(20,21)6)38-18(4)33)29(5)13-12-19(37-17(3)32)14-23(29)27(31)28(26)35/h16,19-24,26-27H,7-15H2,1-6H3/t16-,19-,20?,21?,22?,23?,24+,26?,27-,29?,30?/m1/s1. The average Bonchev–Trinajstić information content (AvgIpc) is 3.20. The maximum absolute atomic E-state index is 14.1. The number of hydrogen-bond donors (Lipinski definition) is 0. The number of halogens is 1. The maximum Gasteiger partial charge on any atom is 0.305 e. The summed E-state index contributed by atoms with van der Waals surface area (Å²) in [6.07, 6.45) is 5.56. The number of fused-ring (bicyclic) bond motifs is 5. The summed E-state index contributed by atoms with van der Waals surface area (Å²) < 4.78 is 16.9. The van der Waals surface area contributed by atoms with Gasteiger partial charge in [-0.2, -0.15) is 0 Å². The lowest BCUT2D eigenvalue weighted by Crippen LogP contribution is -2.64. The predicted molar refractivity (Wildman–Crippen MR) is 145 cm³/mol. The minimum absolute atomic E-state index is 0.0670. The lowest BCUT2D eigenvalue weighted by atomic mass is 9.43. The number of hydrogen-bond acceptors (Lipinski definition) is 7. The molecule has 214 valence electrons. The van der Waals surface area contributed by atoms with Crippen LogP contribution in [-0.4, -0.2) is 47.3 Å². The molecule has 8 heteroatoms. The molecule has 4 saturated carbocycles. The molecule has 4 rings (SSSR count). The Hall–Kier alpha value is -1.44. The molecule has 11 atom stereocenters. The van der Waals surface area contributed by atoms with E-state index in [1.165, 1.54) is 13.8 Å². The molecule has 0 saturated heterocycles. The van der Waals surface area contributed by atoms with Crippen molar-refractivity contribution < 1.29 is 33.4 Å². The van der Waals surface area contributed by atoms with Gasteiger partial charge in [0, 0.05) is 31.6 Å². The Morgan fingerprint density at radius 2 is 1.68 bits per heavy atom. The van der Waals surface area contributed by atoms with Crippen molar-refractivity contribution in [3.05, 3.63) is 0 Å². The summed E-state index contributed by atoms with van der Waals surface area (Å²) >= 11 is 3.83. The second-order valence-electron chi connectivity index (χ2n) is 12.9. The highest BCUT2D eigenvalue weighted by Crippen LogP contribution is 2.68. The molecule has 4 fully saturated rings. The van der Waals surface area contributed by atoms with Crippen LogP contribution in [0.25, 0.3) is 0 Å². The molecule has 4 aliphatic rings. The summed E-state index contributed by atoms with van der Waals surface area (Å²) in [5.41, 5.74) is -0.446. The summed E-state index contributed by atoms with van der Waals surface area (Å²) in [5, 5.41) is 0. The van der Waals surface area contributed by atoms with Crippen LogP contribution in [0.4, 0.5) is 0 Å². The molecular formula is C30H45BrO7. The number of esters is 3. The Balaban J connectivity index is 1.64. The minimum Gasteiger partial charge on any atom is -0.466 e. The fourth-order valence-electron chi connectivity index (χ4n) is 9.31. The zero-order chi connectivity index (χ0) is 28.0. The molecule has 0 amide bonds. The van der Waals surface area contributed by atoms with Gasteiger partial charge in [-0.1, -0.05) is 36.7 Å². The number of carbonyl (C=O) groups is 4. The number of ketones is 1. The lowest BCUT2D eigenvalue weighted by molar-refractivity contribution is -0.196. The topological polar surface area (TPSA) is 96.0 Å². The van der Waals surface area contributed by atoms with E-state index in [-0.39, 0.29) is 87.1 Å². The highest BCUT2D eigenvalue weighted by atomic mass is 79.9. The molecule has 7 unspecified atom stereocenters. The molecule has 4 aliphatic carbocycles. The molecule has 0 bridgehead atoms. The predicted octanol–water partition coefficient (Wildman–Crippen LogP) is 5.65. The van der Waals surface area contributed by atoms with Gasteiger partial charge in [0.25, 0.3) is 0 Å². The summed E-state index contributed by atoms with van der Waals surface area (Å²) in [7, 11) is 0. The second kappa shape index (κ2) is 11.2. The molecule has 38 heavy (non-hydrogen) atoms. The lowest BCUT2D eigenvalue weighted by Gasteiger charge is -2.63. The highest BCUT2D eigenvalue weighted by molar-refractivity contribution is 9.10. The molecule has 0 aromatic rings. The third-order valence-corrected chi connectivity index (χ3v) is 12.1. The quantitative estimate of drug-likeness (QED) is 0.213. The third-order valence-electron chi connectivity index (χ3n) is 11.0. The fraction of sp³-hybridized carbons (Fsp3) is 0.867. The number of carbonyl (C=O) groups excluding carboxylic acids is 4. The largest absolute Gasteiger partial charge is 0.466 e. The van der Waals surface area contributed by atoms with E-state index in [0.717, 1.165) is 32.1 Å². The van der Waals surface area contributed by atoms with Gasteiger partial charge in [0.05, 0.1) is 11.4 Å². The van der Waals surface area contributed by atoms with Crippen LogP contribution in [0.2, 0.25) is 0 Å². The first-order valence-electron chi connectivity index (χ1n) is 14.5. The number of ether oxygens (including phenoxy) is 3. The Kier molecular flexibility index (Phi) is 8.71. The van der Waals surface area contributed by atoms with Crippen molar-refractivity contribution in [1.29, 1.82) is 0 Å². The summed E-state index contributed by atoms with van der Waals surface area (Å²) in [6, 6.07) is 0. The Bertz CT molecular complexity index is 951. The molecular weight excluding hydrogens is 552 g/mol. The molecule has 0 spiro atoms. The van der Waals surface area contributed by atoms with E-state index >= 15 is 0 Å². The zero-order valence-corrected chi connectivity index (χ0v) is 25.4. The van der Waals surface area contributed by atoms with Gasteiger partial charge < -0.3 is 14.2 Å². The molecule has 0 radical (unpaired) electrons. The van der Waals surface area contributed by atoms with Gasteiger partial charge in [0.2, 0.25) is 0 Å². The zero-order valence-electron chi connectivity index (χ0n) is 23.8. The number of alkyl halides is 1. The first-order valence-corrected chi connectivity index (χ1v) is 15.4. The molecule has 0 aromatic heterocycles. The van der Waals surface area contributed by atoms with Gasteiger partial charge in [0.15, 0.2) is 0 Å². The van der Waals surface area contributed by atoms with Crippen LogP contribution in [-0.2, 0) is 33.4 Å². The van der Waals surface area contributed by atoms with Crippen LogP contribution in [0.1, 0.15) is 92.9 Å². The Morgan fingerprint density at radius 3 is 2.32 bits per heavy atom. The summed E-state index contributed by atoms with van der Waals surface area (Å²) in [6.45, 7) is 11.9. The van der Waals surface area contributed by atoms with Crippen molar-refractivity contribution in [2.24, 2.45) is 46.3 Å². The van der Waals surface area contributed by atoms with Crippen LogP contribution in [0.5, 0.6) is 0 Å². The second-order valence-corrected chi connectivity index (χ2v) is 13.9. The van der Waals surface area contributed by atoms with Crippen LogP contribution < -0.4 is 0 Å². The Morgan fingerprint density at radius 1 is 1.00 bits per heavy atom. The van der Waals surface area contributed by atoms with E-state index in [1.54, 1.807) is 0 Å². The number of rotatable bonds is 7. The fourth-order valence-corrected chi connectivity index (χ4v) is 10.4. The normalized spacial score (nSPS) is 42.8. The molecule has 0 aliphatic heterocycles. The van der Waals surface area contributed by atoms with E-state index in [0.29, 0.717) is 25.9 Å². The first kappa shape index (κ1) is 29.5. The third kappa shape index (κ3) is 5.08. The molecule has 0 heterocycles. The van der Waals surface area contributed by atoms with Crippen molar-refractivity contribution in [2.75, 3.05) is 6.61 Å². The van der Waals surface area contributed by atoms with E-state index in [9.17, 15) is 19.2 Å². The van der Waals surface area contributed by atoms with E-state index in [4.69, 9.17) is 14.2 Å². The SMILES string of the molecule is CCOC(=O)CC[C@@H](C)C1CCC2C3C(=O)[C@H](Br)C4C[C@H](OC(C)=O)CCC4(C)C3C[C@H](OC(C)=O)C21C. The van der Waals surface area contributed by atoms with E-state index in [2.05, 4.69) is 36.7 Å². The number of Topliss-reactive ketones (excluding diaryl/α,β-unsaturated/α-hetero) is 1. The Labute approximate surface area is 235 Å². The van der Waals surface area contributed by atoms with Gasteiger partial charge in [0.1, 0.15) is 18.0 Å². The van der Waals surface area contributed by atoms with E-state index in [1.807, 2.05) is 6.92 Å². The average molecular weight is 598 g/mol. The first-order chi connectivity index (χ1) is 17.8. The van der Waals surface area contributed by atoms with Gasteiger partial charge >= 0.3 is 17.9 Å². The van der Waals surface area contributed by atoms with Crippen LogP contribution >= 0.6 is 15.9 Å². The minimum atomic E-state index is -0.332. The highest BCUT2D eigenvalue weighted by Gasteiger charge is 2.68. The summed E-state index contributed by atoms with van der Waals surface area (Å²) in [4.78, 5) is 50.0. The van der Waals surface area contributed by atoms with Gasteiger partial charge in [-0.25, -0.2) is 0 Å². The van der Waals surface area contributed by atoms with Crippen LogP contribution in [0.15, 0.2) is 0 Å².